The van der Waals surface area contributed by atoms with Crippen LogP contribution in [0.1, 0.15) is 22.8 Å². The Hall–Kier alpha value is -0.870. The van der Waals surface area contributed by atoms with Gasteiger partial charge in [-0.1, -0.05) is 15.9 Å². The Balaban J connectivity index is 2.18. The molecule has 0 unspecified atom stereocenters. The van der Waals surface area contributed by atoms with Gasteiger partial charge in [-0.2, -0.15) is 0 Å². The predicted octanol–water partition coefficient (Wildman–Crippen LogP) is 2.62. The zero-order chi connectivity index (χ0) is 12.4. The molecule has 1 aliphatic rings. The summed E-state index contributed by atoms with van der Waals surface area (Å²) in [5, 5.41) is 0. The average molecular weight is 298 g/mol. The van der Waals surface area contributed by atoms with E-state index in [1.54, 1.807) is 0 Å². The second-order valence-electron chi connectivity index (χ2n) is 4.39. The van der Waals surface area contributed by atoms with Crippen LogP contribution in [0.2, 0.25) is 0 Å². The van der Waals surface area contributed by atoms with Gasteiger partial charge < -0.3 is 9.64 Å². The molecule has 1 atom stereocenters. The van der Waals surface area contributed by atoms with Gasteiger partial charge in [0.2, 0.25) is 0 Å². The molecule has 1 aromatic carbocycles. The first-order valence-corrected chi connectivity index (χ1v) is 6.54. The van der Waals surface area contributed by atoms with E-state index in [2.05, 4.69) is 15.9 Å². The lowest BCUT2D eigenvalue weighted by atomic mass is 10.1. The fraction of sp³-hybridized carbons (Fsp3) is 0.462. The number of carbonyl (C=O) groups is 1. The molecular formula is C13H16BrNO2. The predicted molar refractivity (Wildman–Crippen MR) is 70.2 cm³/mol. The van der Waals surface area contributed by atoms with Gasteiger partial charge in [0.25, 0.3) is 5.91 Å². The van der Waals surface area contributed by atoms with Crippen molar-refractivity contribution < 1.29 is 9.53 Å². The van der Waals surface area contributed by atoms with Gasteiger partial charge in [0.1, 0.15) is 0 Å². The summed E-state index contributed by atoms with van der Waals surface area (Å²) in [7, 11) is 0. The number of rotatable bonds is 1. The van der Waals surface area contributed by atoms with Crippen molar-refractivity contribution in [2.45, 2.75) is 20.0 Å². The van der Waals surface area contributed by atoms with Crippen molar-refractivity contribution in [2.75, 3.05) is 19.7 Å². The molecule has 0 N–H and O–H groups in total. The minimum atomic E-state index is 0.102. The van der Waals surface area contributed by atoms with E-state index in [0.29, 0.717) is 19.7 Å². The average Bonchev–Trinajstić information content (AvgIpc) is 2.28. The molecule has 1 aliphatic heterocycles. The minimum absolute atomic E-state index is 0.102. The maximum Gasteiger partial charge on any atom is 0.254 e. The highest BCUT2D eigenvalue weighted by Gasteiger charge is 2.23. The summed E-state index contributed by atoms with van der Waals surface area (Å²) in [6.07, 6.45) is 0.128. The number of carbonyl (C=O) groups excluding carboxylic acids is 1. The Labute approximate surface area is 110 Å². The number of amides is 1. The first kappa shape index (κ1) is 12.6. The second-order valence-corrected chi connectivity index (χ2v) is 5.31. The van der Waals surface area contributed by atoms with Gasteiger partial charge in [0.15, 0.2) is 0 Å². The Morgan fingerprint density at radius 3 is 2.94 bits per heavy atom. The largest absolute Gasteiger partial charge is 0.375 e. The highest BCUT2D eigenvalue weighted by atomic mass is 79.9. The SMILES string of the molecule is Cc1cc(Br)ccc1C(=O)N1CCO[C@H](C)C1. The topological polar surface area (TPSA) is 29.5 Å². The van der Waals surface area contributed by atoms with Crippen molar-refractivity contribution >= 4 is 21.8 Å². The number of morpholine rings is 1. The molecule has 1 heterocycles. The summed E-state index contributed by atoms with van der Waals surface area (Å²) in [6, 6.07) is 5.75. The molecule has 2 rings (SSSR count). The molecule has 1 aromatic rings. The van der Waals surface area contributed by atoms with Gasteiger partial charge in [0, 0.05) is 23.1 Å². The molecule has 17 heavy (non-hydrogen) atoms. The summed E-state index contributed by atoms with van der Waals surface area (Å²) < 4.78 is 6.44. The van der Waals surface area contributed by atoms with Crippen molar-refractivity contribution in [3.63, 3.8) is 0 Å². The van der Waals surface area contributed by atoms with E-state index >= 15 is 0 Å². The maximum absolute atomic E-state index is 12.3. The second kappa shape index (κ2) is 5.19. The Morgan fingerprint density at radius 2 is 2.29 bits per heavy atom. The summed E-state index contributed by atoms with van der Waals surface area (Å²) >= 11 is 3.41. The van der Waals surface area contributed by atoms with E-state index in [0.717, 1.165) is 15.6 Å². The molecule has 0 aromatic heterocycles. The van der Waals surface area contributed by atoms with Crippen LogP contribution in [0.4, 0.5) is 0 Å². The van der Waals surface area contributed by atoms with Crippen molar-refractivity contribution in [3.8, 4) is 0 Å². The zero-order valence-electron chi connectivity index (χ0n) is 10.1. The first-order chi connectivity index (χ1) is 8.08. The molecule has 92 valence electrons. The van der Waals surface area contributed by atoms with Crippen LogP contribution in [0.15, 0.2) is 22.7 Å². The molecule has 1 amide bonds. The quantitative estimate of drug-likeness (QED) is 0.797. The Bertz CT molecular complexity index is 433. The fourth-order valence-corrected chi connectivity index (χ4v) is 2.52. The van der Waals surface area contributed by atoms with Crippen LogP contribution in [0, 0.1) is 6.92 Å². The minimum Gasteiger partial charge on any atom is -0.375 e. The zero-order valence-corrected chi connectivity index (χ0v) is 11.7. The highest BCUT2D eigenvalue weighted by Crippen LogP contribution is 2.18. The summed E-state index contributed by atoms with van der Waals surface area (Å²) in [5.74, 6) is 0.102. The summed E-state index contributed by atoms with van der Waals surface area (Å²) in [6.45, 7) is 5.94. The van der Waals surface area contributed by atoms with Gasteiger partial charge in [-0.05, 0) is 37.6 Å². The number of benzene rings is 1. The van der Waals surface area contributed by atoms with Crippen molar-refractivity contribution in [1.82, 2.24) is 4.90 Å². The van der Waals surface area contributed by atoms with E-state index in [1.165, 1.54) is 0 Å². The van der Waals surface area contributed by atoms with Crippen LogP contribution in [0.3, 0.4) is 0 Å². The Kier molecular flexibility index (Phi) is 3.84. The third-order valence-corrected chi connectivity index (χ3v) is 3.44. The molecule has 0 radical (unpaired) electrons. The van der Waals surface area contributed by atoms with E-state index in [4.69, 9.17) is 4.74 Å². The third kappa shape index (κ3) is 2.87. The van der Waals surface area contributed by atoms with Crippen LogP contribution >= 0.6 is 15.9 Å². The monoisotopic (exact) mass is 297 g/mol. The number of aryl methyl sites for hydroxylation is 1. The van der Waals surface area contributed by atoms with Crippen molar-refractivity contribution in [1.29, 1.82) is 0 Å². The van der Waals surface area contributed by atoms with Gasteiger partial charge in [0.05, 0.1) is 12.7 Å². The van der Waals surface area contributed by atoms with Crippen LogP contribution in [-0.2, 0) is 4.74 Å². The number of hydrogen-bond acceptors (Lipinski definition) is 2. The molecule has 1 fully saturated rings. The molecule has 0 spiro atoms. The molecule has 0 aliphatic carbocycles. The molecular weight excluding hydrogens is 282 g/mol. The standard InChI is InChI=1S/C13H16BrNO2/c1-9-7-11(14)3-4-12(9)13(16)15-5-6-17-10(2)8-15/h3-4,7,10H,5-6,8H2,1-2H3/t10-/m1/s1. The van der Waals surface area contributed by atoms with Crippen molar-refractivity contribution in [2.24, 2.45) is 0 Å². The molecule has 0 saturated carbocycles. The Morgan fingerprint density at radius 1 is 1.53 bits per heavy atom. The van der Waals surface area contributed by atoms with Crippen LogP contribution in [0.25, 0.3) is 0 Å². The fourth-order valence-electron chi connectivity index (χ4n) is 2.04. The van der Waals surface area contributed by atoms with Crippen LogP contribution < -0.4 is 0 Å². The number of hydrogen-bond donors (Lipinski definition) is 0. The summed E-state index contributed by atoms with van der Waals surface area (Å²) in [5.41, 5.74) is 1.78. The smallest absolute Gasteiger partial charge is 0.254 e. The van der Waals surface area contributed by atoms with E-state index in [1.807, 2.05) is 36.9 Å². The van der Waals surface area contributed by atoms with Crippen LogP contribution in [0.5, 0.6) is 0 Å². The van der Waals surface area contributed by atoms with Gasteiger partial charge in [-0.25, -0.2) is 0 Å². The maximum atomic E-state index is 12.3. The lowest BCUT2D eigenvalue weighted by Gasteiger charge is -2.31. The third-order valence-electron chi connectivity index (χ3n) is 2.95. The van der Waals surface area contributed by atoms with E-state index < -0.39 is 0 Å². The lowest BCUT2D eigenvalue weighted by Crippen LogP contribution is -2.44. The van der Waals surface area contributed by atoms with Gasteiger partial charge in [-0.3, -0.25) is 4.79 Å². The lowest BCUT2D eigenvalue weighted by molar-refractivity contribution is -0.0124. The number of nitrogens with zero attached hydrogens (tertiary/aromatic N) is 1. The van der Waals surface area contributed by atoms with Crippen LogP contribution in [-0.4, -0.2) is 36.6 Å². The van der Waals surface area contributed by atoms with Crippen molar-refractivity contribution in [3.05, 3.63) is 33.8 Å². The summed E-state index contributed by atoms with van der Waals surface area (Å²) in [4.78, 5) is 14.2. The number of halogens is 1. The van der Waals surface area contributed by atoms with Gasteiger partial charge in [-0.15, -0.1) is 0 Å². The highest BCUT2D eigenvalue weighted by molar-refractivity contribution is 9.10. The van der Waals surface area contributed by atoms with Gasteiger partial charge >= 0.3 is 0 Å². The number of ether oxygens (including phenoxy) is 1. The molecule has 0 bridgehead atoms. The normalized spacial score (nSPS) is 20.4. The first-order valence-electron chi connectivity index (χ1n) is 5.75. The molecule has 4 heteroatoms. The molecule has 1 saturated heterocycles. The van der Waals surface area contributed by atoms with E-state index in [-0.39, 0.29) is 12.0 Å². The van der Waals surface area contributed by atoms with E-state index in [9.17, 15) is 4.79 Å². The molecule has 3 nitrogen and oxygen atoms in total.